The lowest BCUT2D eigenvalue weighted by atomic mass is 10.1. The molecule has 0 bridgehead atoms. The van der Waals surface area contributed by atoms with Crippen molar-refractivity contribution in [2.75, 3.05) is 51.6 Å². The third-order valence-corrected chi connectivity index (χ3v) is 7.16. The van der Waals surface area contributed by atoms with Crippen molar-refractivity contribution in [1.82, 2.24) is 14.5 Å². The third-order valence-electron chi connectivity index (χ3n) is 5.20. The Morgan fingerprint density at radius 2 is 2.07 bits per heavy atom. The lowest BCUT2D eigenvalue weighted by molar-refractivity contribution is 0.0906. The van der Waals surface area contributed by atoms with Crippen molar-refractivity contribution in [2.24, 2.45) is 10.9 Å². The molecule has 2 saturated heterocycles. The van der Waals surface area contributed by atoms with Crippen molar-refractivity contribution >= 4 is 40.0 Å². The van der Waals surface area contributed by atoms with E-state index in [9.17, 15) is 8.42 Å². The number of aliphatic imine (C=N–C) groups is 1. The van der Waals surface area contributed by atoms with Crippen LogP contribution < -0.4 is 5.32 Å². The minimum Gasteiger partial charge on any atom is -0.376 e. The van der Waals surface area contributed by atoms with Crippen LogP contribution in [-0.2, 0) is 21.4 Å². The molecule has 9 heteroatoms. The van der Waals surface area contributed by atoms with Gasteiger partial charge >= 0.3 is 0 Å². The largest absolute Gasteiger partial charge is 0.376 e. The third kappa shape index (κ3) is 7.37. The molecular formula is C20H33IN4O3S. The summed E-state index contributed by atoms with van der Waals surface area (Å²) in [6, 6.07) is 10.2. The van der Waals surface area contributed by atoms with Crippen LogP contribution in [0.3, 0.4) is 0 Å². The highest BCUT2D eigenvalue weighted by Crippen LogP contribution is 2.18. The van der Waals surface area contributed by atoms with Gasteiger partial charge < -0.3 is 15.0 Å². The van der Waals surface area contributed by atoms with Crippen LogP contribution in [0, 0.1) is 5.92 Å². The van der Waals surface area contributed by atoms with Crippen molar-refractivity contribution < 1.29 is 13.2 Å². The number of guanidine groups is 1. The van der Waals surface area contributed by atoms with Crippen LogP contribution in [0.2, 0.25) is 0 Å². The van der Waals surface area contributed by atoms with E-state index in [2.05, 4.69) is 34.3 Å². The maximum Gasteiger partial charge on any atom is 0.214 e. The number of rotatable bonds is 8. The van der Waals surface area contributed by atoms with E-state index >= 15 is 0 Å². The standard InChI is InChI=1S/C20H32N4O3S.HI/c1-2-21-20(22-10-13-24-11-6-14-28(24,25)26)23-12-9-19(15-23)17-27-16-18-7-4-3-5-8-18;/h3-5,7-8,19H,2,6,9-17H2,1H3,(H,21,22);1H. The van der Waals surface area contributed by atoms with Crippen LogP contribution in [0.1, 0.15) is 25.3 Å². The lowest BCUT2D eigenvalue weighted by Crippen LogP contribution is -2.41. The van der Waals surface area contributed by atoms with E-state index in [4.69, 9.17) is 4.74 Å². The molecule has 3 rings (SSSR count). The number of likely N-dealkylation sites (tertiary alicyclic amines) is 1. The summed E-state index contributed by atoms with van der Waals surface area (Å²) >= 11 is 0. The molecule has 2 aliphatic rings. The van der Waals surface area contributed by atoms with E-state index in [-0.39, 0.29) is 29.7 Å². The Balaban J connectivity index is 0.00000300. The predicted octanol–water partition coefficient (Wildman–Crippen LogP) is 2.14. The van der Waals surface area contributed by atoms with E-state index < -0.39 is 10.0 Å². The monoisotopic (exact) mass is 536 g/mol. The zero-order valence-electron chi connectivity index (χ0n) is 17.1. The lowest BCUT2D eigenvalue weighted by Gasteiger charge is -2.22. The first-order valence-corrected chi connectivity index (χ1v) is 11.8. The molecule has 7 nitrogen and oxygen atoms in total. The number of hydrogen-bond acceptors (Lipinski definition) is 4. The zero-order chi connectivity index (χ0) is 19.8. The first-order valence-electron chi connectivity index (χ1n) is 10.2. The van der Waals surface area contributed by atoms with E-state index in [0.29, 0.717) is 32.2 Å². The molecule has 1 aromatic rings. The van der Waals surface area contributed by atoms with Gasteiger partial charge in [-0.15, -0.1) is 24.0 Å². The second kappa shape index (κ2) is 12.1. The second-order valence-electron chi connectivity index (χ2n) is 7.41. The van der Waals surface area contributed by atoms with Crippen molar-refractivity contribution in [3.63, 3.8) is 0 Å². The normalized spacial score (nSPS) is 21.9. The van der Waals surface area contributed by atoms with Gasteiger partial charge in [-0.3, -0.25) is 4.99 Å². The predicted molar refractivity (Wildman–Crippen MR) is 127 cm³/mol. The highest BCUT2D eigenvalue weighted by Gasteiger charge is 2.28. The fraction of sp³-hybridized carbons (Fsp3) is 0.650. The number of benzene rings is 1. The molecule has 1 aromatic carbocycles. The summed E-state index contributed by atoms with van der Waals surface area (Å²) in [6.45, 7) is 7.70. The zero-order valence-corrected chi connectivity index (χ0v) is 20.3. The topological polar surface area (TPSA) is 74.2 Å². The molecule has 2 aliphatic heterocycles. The van der Waals surface area contributed by atoms with Crippen LogP contribution in [-0.4, -0.2) is 75.2 Å². The molecule has 0 aliphatic carbocycles. The average Bonchev–Trinajstić information content (AvgIpc) is 3.28. The Labute approximate surface area is 192 Å². The van der Waals surface area contributed by atoms with E-state index in [1.165, 1.54) is 5.56 Å². The Morgan fingerprint density at radius 3 is 2.76 bits per heavy atom. The molecule has 164 valence electrons. The molecule has 1 atom stereocenters. The molecule has 0 radical (unpaired) electrons. The van der Waals surface area contributed by atoms with Gasteiger partial charge in [-0.1, -0.05) is 30.3 Å². The van der Waals surface area contributed by atoms with Gasteiger partial charge in [0.05, 0.1) is 25.5 Å². The molecule has 2 fully saturated rings. The number of nitrogens with zero attached hydrogens (tertiary/aromatic N) is 3. The Hall–Kier alpha value is -0.910. The molecule has 29 heavy (non-hydrogen) atoms. The van der Waals surface area contributed by atoms with Gasteiger partial charge in [0.25, 0.3) is 0 Å². The molecule has 2 heterocycles. The number of ether oxygens (including phenoxy) is 1. The van der Waals surface area contributed by atoms with Gasteiger partial charge in [0, 0.05) is 38.6 Å². The van der Waals surface area contributed by atoms with Gasteiger partial charge in [0.2, 0.25) is 10.0 Å². The van der Waals surface area contributed by atoms with Crippen LogP contribution >= 0.6 is 24.0 Å². The van der Waals surface area contributed by atoms with Crippen molar-refractivity contribution in [1.29, 1.82) is 0 Å². The summed E-state index contributed by atoms with van der Waals surface area (Å²) in [4.78, 5) is 6.93. The van der Waals surface area contributed by atoms with E-state index in [0.717, 1.165) is 45.0 Å². The summed E-state index contributed by atoms with van der Waals surface area (Å²) in [7, 11) is -3.04. The summed E-state index contributed by atoms with van der Waals surface area (Å²) in [5, 5.41) is 3.34. The van der Waals surface area contributed by atoms with Gasteiger partial charge in [-0.05, 0) is 25.3 Å². The molecule has 1 unspecified atom stereocenters. The van der Waals surface area contributed by atoms with Gasteiger partial charge in [-0.25, -0.2) is 12.7 Å². The average molecular weight is 536 g/mol. The van der Waals surface area contributed by atoms with E-state index in [1.54, 1.807) is 4.31 Å². The summed E-state index contributed by atoms with van der Waals surface area (Å²) in [5.74, 6) is 1.64. The molecule has 0 spiro atoms. The fourth-order valence-electron chi connectivity index (χ4n) is 3.71. The molecule has 0 saturated carbocycles. The van der Waals surface area contributed by atoms with Crippen LogP contribution in [0.4, 0.5) is 0 Å². The number of nitrogens with one attached hydrogen (secondary N) is 1. The van der Waals surface area contributed by atoms with Crippen LogP contribution in [0.15, 0.2) is 35.3 Å². The number of halogens is 1. The Bertz CT molecular complexity index is 745. The molecule has 1 N–H and O–H groups in total. The maximum absolute atomic E-state index is 11.9. The smallest absolute Gasteiger partial charge is 0.214 e. The minimum absolute atomic E-state index is 0. The van der Waals surface area contributed by atoms with Crippen LogP contribution in [0.25, 0.3) is 0 Å². The quantitative estimate of drug-likeness (QED) is 0.313. The maximum atomic E-state index is 11.9. The second-order valence-corrected chi connectivity index (χ2v) is 9.49. The van der Waals surface area contributed by atoms with E-state index in [1.807, 2.05) is 18.2 Å². The van der Waals surface area contributed by atoms with Crippen molar-refractivity contribution in [3.8, 4) is 0 Å². The van der Waals surface area contributed by atoms with Crippen molar-refractivity contribution in [2.45, 2.75) is 26.4 Å². The van der Waals surface area contributed by atoms with Crippen molar-refractivity contribution in [3.05, 3.63) is 35.9 Å². The highest BCUT2D eigenvalue weighted by molar-refractivity contribution is 14.0. The van der Waals surface area contributed by atoms with Crippen LogP contribution in [0.5, 0.6) is 0 Å². The number of hydrogen-bond donors (Lipinski definition) is 1. The SMILES string of the molecule is CCNC(=NCCN1CCCS1(=O)=O)N1CCC(COCc2ccccc2)C1.I. The molecule has 0 amide bonds. The minimum atomic E-state index is -3.04. The molecular weight excluding hydrogens is 503 g/mol. The summed E-state index contributed by atoms with van der Waals surface area (Å²) in [6.07, 6.45) is 1.81. The van der Waals surface area contributed by atoms with Gasteiger partial charge in [0.15, 0.2) is 5.96 Å². The fourth-order valence-corrected chi connectivity index (χ4v) is 5.23. The summed E-state index contributed by atoms with van der Waals surface area (Å²) < 4.78 is 31.3. The number of sulfonamides is 1. The summed E-state index contributed by atoms with van der Waals surface area (Å²) in [5.41, 5.74) is 1.20. The Kier molecular flexibility index (Phi) is 10.1. The first-order chi connectivity index (χ1) is 13.6. The molecule has 0 aromatic heterocycles. The highest BCUT2D eigenvalue weighted by atomic mass is 127. The van der Waals surface area contributed by atoms with Gasteiger partial charge in [0.1, 0.15) is 0 Å². The first kappa shape index (κ1) is 24.4. The Morgan fingerprint density at radius 1 is 1.28 bits per heavy atom. The van der Waals surface area contributed by atoms with Gasteiger partial charge in [-0.2, -0.15) is 0 Å².